The van der Waals surface area contributed by atoms with E-state index in [2.05, 4.69) is 45.7 Å². The number of anilines is 1. The predicted molar refractivity (Wildman–Crippen MR) is 118 cm³/mol. The fourth-order valence-electron chi connectivity index (χ4n) is 4.04. The van der Waals surface area contributed by atoms with Gasteiger partial charge in [0.2, 0.25) is 0 Å². The van der Waals surface area contributed by atoms with Gasteiger partial charge in [-0.2, -0.15) is 0 Å². The minimum absolute atomic E-state index is 0.510. The van der Waals surface area contributed by atoms with E-state index in [-0.39, 0.29) is 0 Å². The van der Waals surface area contributed by atoms with Crippen LogP contribution in [0.4, 0.5) is 5.82 Å². The van der Waals surface area contributed by atoms with Gasteiger partial charge < -0.3 is 10.6 Å². The fourth-order valence-corrected chi connectivity index (χ4v) is 4.66. The van der Waals surface area contributed by atoms with Gasteiger partial charge in [-0.1, -0.05) is 42.3 Å². The molecular weight excluding hydrogens is 366 g/mol. The first-order valence-electron chi connectivity index (χ1n) is 10.6. The molecule has 4 rings (SSSR count). The standard InChI is InChI=1S/C22H31N5S/c1-2-6-17(7-3-1)16-25-28-15-14-24-22-19-8-4-5-9-20(19)26-21(27-22)18-10-12-23-13-11-18/h1-3,6-7,18,23,25H,4-5,8-16H2,(H,24,26,27). The zero-order valence-electron chi connectivity index (χ0n) is 16.5. The lowest BCUT2D eigenvalue weighted by molar-refractivity contribution is 0.442. The molecule has 0 spiro atoms. The van der Waals surface area contributed by atoms with Gasteiger partial charge >= 0.3 is 0 Å². The van der Waals surface area contributed by atoms with E-state index in [0.29, 0.717) is 5.92 Å². The van der Waals surface area contributed by atoms with Crippen LogP contribution in [0.2, 0.25) is 0 Å². The van der Waals surface area contributed by atoms with Gasteiger partial charge in [0.05, 0.1) is 0 Å². The van der Waals surface area contributed by atoms with E-state index in [1.807, 2.05) is 0 Å². The summed E-state index contributed by atoms with van der Waals surface area (Å²) in [6.45, 7) is 3.98. The molecule has 0 amide bonds. The minimum Gasteiger partial charge on any atom is -0.369 e. The Balaban J connectivity index is 1.32. The molecule has 0 bridgehead atoms. The molecule has 1 aromatic heterocycles. The number of nitrogens with zero attached hydrogens (tertiary/aromatic N) is 2. The molecule has 6 heteroatoms. The zero-order valence-corrected chi connectivity index (χ0v) is 17.4. The highest BCUT2D eigenvalue weighted by Crippen LogP contribution is 2.30. The van der Waals surface area contributed by atoms with Crippen LogP contribution in [0.1, 0.15) is 54.2 Å². The predicted octanol–water partition coefficient (Wildman–Crippen LogP) is 3.67. The van der Waals surface area contributed by atoms with Crippen molar-refractivity contribution in [3.8, 4) is 0 Å². The number of fused-ring (bicyclic) bond motifs is 1. The van der Waals surface area contributed by atoms with Gasteiger partial charge in [-0.05, 0) is 57.2 Å². The van der Waals surface area contributed by atoms with Crippen molar-refractivity contribution < 1.29 is 0 Å². The van der Waals surface area contributed by atoms with Gasteiger partial charge in [0, 0.05) is 36.0 Å². The van der Waals surface area contributed by atoms with Gasteiger partial charge in [0.1, 0.15) is 11.6 Å². The van der Waals surface area contributed by atoms with E-state index in [1.165, 1.54) is 29.7 Å². The Morgan fingerprint density at radius 3 is 2.71 bits per heavy atom. The van der Waals surface area contributed by atoms with E-state index >= 15 is 0 Å². The number of aromatic nitrogens is 2. The Kier molecular flexibility index (Phi) is 7.19. The quantitative estimate of drug-likeness (QED) is 0.467. The number of benzene rings is 1. The number of hydrogen-bond donors (Lipinski definition) is 3. The third-order valence-electron chi connectivity index (χ3n) is 5.62. The largest absolute Gasteiger partial charge is 0.369 e. The smallest absolute Gasteiger partial charge is 0.134 e. The van der Waals surface area contributed by atoms with Gasteiger partial charge in [-0.3, -0.25) is 4.72 Å². The molecule has 1 aromatic carbocycles. The molecule has 1 aliphatic heterocycles. The number of nitrogens with one attached hydrogen (secondary N) is 3. The van der Waals surface area contributed by atoms with Crippen molar-refractivity contribution in [2.24, 2.45) is 0 Å². The average Bonchev–Trinajstić information content (AvgIpc) is 2.77. The SMILES string of the molecule is c1ccc(CNSCCNc2nc(C3CCNCC3)nc3c2CCCC3)cc1. The topological polar surface area (TPSA) is 61.9 Å². The van der Waals surface area contributed by atoms with Crippen molar-refractivity contribution in [1.82, 2.24) is 20.0 Å². The van der Waals surface area contributed by atoms with Crippen LogP contribution in [0.5, 0.6) is 0 Å². The van der Waals surface area contributed by atoms with Crippen molar-refractivity contribution in [1.29, 1.82) is 0 Å². The van der Waals surface area contributed by atoms with Crippen LogP contribution < -0.4 is 15.4 Å². The summed E-state index contributed by atoms with van der Waals surface area (Å²) < 4.78 is 3.45. The molecule has 2 aliphatic rings. The third-order valence-corrected chi connectivity index (χ3v) is 6.38. The van der Waals surface area contributed by atoms with Crippen LogP contribution in [0.3, 0.4) is 0 Å². The van der Waals surface area contributed by atoms with E-state index < -0.39 is 0 Å². The van der Waals surface area contributed by atoms with Crippen LogP contribution in [0, 0.1) is 0 Å². The molecule has 0 atom stereocenters. The number of rotatable bonds is 8. The maximum atomic E-state index is 5.00. The first-order chi connectivity index (χ1) is 13.9. The summed E-state index contributed by atoms with van der Waals surface area (Å²) in [6.07, 6.45) is 7.04. The maximum absolute atomic E-state index is 5.00. The van der Waals surface area contributed by atoms with Crippen LogP contribution >= 0.6 is 11.9 Å². The number of piperidine rings is 1. The molecule has 0 radical (unpaired) electrons. The summed E-state index contributed by atoms with van der Waals surface area (Å²) in [4.78, 5) is 9.99. The Morgan fingerprint density at radius 2 is 1.86 bits per heavy atom. The highest BCUT2D eigenvalue weighted by molar-refractivity contribution is 7.97. The summed E-state index contributed by atoms with van der Waals surface area (Å²) in [6, 6.07) is 10.5. The summed E-state index contributed by atoms with van der Waals surface area (Å²) in [5, 5.41) is 7.07. The summed E-state index contributed by atoms with van der Waals surface area (Å²) >= 11 is 1.77. The highest BCUT2D eigenvalue weighted by Gasteiger charge is 2.23. The molecule has 1 aliphatic carbocycles. The normalized spacial score (nSPS) is 17.3. The number of hydrogen-bond acceptors (Lipinski definition) is 6. The molecule has 2 heterocycles. The first kappa shape index (κ1) is 19.7. The van der Waals surface area contributed by atoms with Crippen molar-refractivity contribution in [2.45, 2.75) is 51.0 Å². The van der Waals surface area contributed by atoms with Crippen molar-refractivity contribution in [2.75, 3.05) is 30.7 Å². The fraction of sp³-hybridized carbons (Fsp3) is 0.545. The molecule has 1 saturated heterocycles. The molecular formula is C22H31N5S. The molecule has 28 heavy (non-hydrogen) atoms. The average molecular weight is 398 g/mol. The lowest BCUT2D eigenvalue weighted by Gasteiger charge is -2.25. The Labute approximate surface area is 172 Å². The Morgan fingerprint density at radius 1 is 1.04 bits per heavy atom. The van der Waals surface area contributed by atoms with Crippen LogP contribution in [0.15, 0.2) is 30.3 Å². The van der Waals surface area contributed by atoms with Gasteiger partial charge in [-0.15, -0.1) is 0 Å². The summed E-state index contributed by atoms with van der Waals surface area (Å²) in [7, 11) is 0. The second-order valence-corrected chi connectivity index (χ2v) is 8.65. The monoisotopic (exact) mass is 397 g/mol. The van der Waals surface area contributed by atoms with Crippen molar-refractivity contribution in [3.05, 3.63) is 53.0 Å². The minimum atomic E-state index is 0.510. The molecule has 2 aromatic rings. The molecule has 0 unspecified atom stereocenters. The zero-order chi connectivity index (χ0) is 19.0. The molecule has 5 nitrogen and oxygen atoms in total. The van der Waals surface area contributed by atoms with E-state index in [1.54, 1.807) is 11.9 Å². The molecule has 150 valence electrons. The van der Waals surface area contributed by atoms with Crippen LogP contribution in [-0.2, 0) is 19.4 Å². The summed E-state index contributed by atoms with van der Waals surface area (Å²) in [5.74, 6) is 3.69. The second-order valence-electron chi connectivity index (χ2n) is 7.67. The van der Waals surface area contributed by atoms with Crippen LogP contribution in [0.25, 0.3) is 0 Å². The second kappa shape index (κ2) is 10.2. The summed E-state index contributed by atoms with van der Waals surface area (Å²) in [5.41, 5.74) is 3.98. The molecule has 1 fully saturated rings. The lowest BCUT2D eigenvalue weighted by atomic mass is 9.93. The van der Waals surface area contributed by atoms with E-state index in [0.717, 1.165) is 69.3 Å². The maximum Gasteiger partial charge on any atom is 0.134 e. The van der Waals surface area contributed by atoms with Gasteiger partial charge in [0.25, 0.3) is 0 Å². The molecule has 3 N–H and O–H groups in total. The van der Waals surface area contributed by atoms with E-state index in [9.17, 15) is 0 Å². The van der Waals surface area contributed by atoms with Gasteiger partial charge in [0.15, 0.2) is 0 Å². The number of aryl methyl sites for hydroxylation is 1. The van der Waals surface area contributed by atoms with Crippen LogP contribution in [-0.4, -0.2) is 35.4 Å². The lowest BCUT2D eigenvalue weighted by Crippen LogP contribution is -2.28. The Bertz CT molecular complexity index is 746. The van der Waals surface area contributed by atoms with Crippen molar-refractivity contribution >= 4 is 17.8 Å². The highest BCUT2D eigenvalue weighted by atomic mass is 32.2. The Hall–Kier alpha value is -1.63. The van der Waals surface area contributed by atoms with E-state index in [4.69, 9.17) is 9.97 Å². The first-order valence-corrected chi connectivity index (χ1v) is 11.6. The van der Waals surface area contributed by atoms with Gasteiger partial charge in [-0.25, -0.2) is 9.97 Å². The van der Waals surface area contributed by atoms with Crippen molar-refractivity contribution in [3.63, 3.8) is 0 Å². The third kappa shape index (κ3) is 5.25. The molecule has 0 saturated carbocycles.